The minimum absolute atomic E-state index is 0.168. The molecule has 1 aromatic heterocycles. The Morgan fingerprint density at radius 3 is 2.71 bits per heavy atom. The monoisotopic (exact) mass is 281 g/mol. The van der Waals surface area contributed by atoms with Gasteiger partial charge in [-0.3, -0.25) is 9.48 Å². The van der Waals surface area contributed by atoms with Crippen LogP contribution in [0.2, 0.25) is 0 Å². The molecule has 0 bridgehead atoms. The number of benzene rings is 1. The van der Waals surface area contributed by atoms with Gasteiger partial charge in [0, 0.05) is 12.1 Å². The molecule has 2 fully saturated rings. The van der Waals surface area contributed by atoms with Gasteiger partial charge in [0.15, 0.2) is 0 Å². The Morgan fingerprint density at radius 2 is 1.95 bits per heavy atom. The summed E-state index contributed by atoms with van der Waals surface area (Å²) in [7, 11) is 0. The molecule has 21 heavy (non-hydrogen) atoms. The zero-order chi connectivity index (χ0) is 14.2. The number of amides is 1. The van der Waals surface area contributed by atoms with Crippen LogP contribution < -0.4 is 5.32 Å². The lowest BCUT2D eigenvalue weighted by atomic mass is 10.0. The van der Waals surface area contributed by atoms with Gasteiger partial charge in [-0.25, -0.2) is 0 Å². The number of fused-ring (bicyclic) bond motifs is 1. The lowest BCUT2D eigenvalue weighted by Crippen LogP contribution is -2.21. The number of carbonyl (C=O) groups excluding carboxylic acids is 1. The third-order valence-electron chi connectivity index (χ3n) is 4.70. The lowest BCUT2D eigenvalue weighted by molar-refractivity contribution is -0.120. The van der Waals surface area contributed by atoms with E-state index in [1.165, 1.54) is 12.0 Å². The van der Waals surface area contributed by atoms with Crippen LogP contribution >= 0.6 is 0 Å². The van der Waals surface area contributed by atoms with E-state index in [4.69, 9.17) is 0 Å². The summed E-state index contributed by atoms with van der Waals surface area (Å²) >= 11 is 0. The van der Waals surface area contributed by atoms with Gasteiger partial charge in [0.25, 0.3) is 0 Å². The van der Waals surface area contributed by atoms with E-state index in [-0.39, 0.29) is 11.8 Å². The SMILES string of the molecule is O=C(Nc1cnn(Cc2ccccc2)c1)C1CC2CC2C1. The van der Waals surface area contributed by atoms with Gasteiger partial charge in [-0.2, -0.15) is 5.10 Å². The second-order valence-corrected chi connectivity index (χ2v) is 6.33. The van der Waals surface area contributed by atoms with E-state index in [0.717, 1.165) is 36.9 Å². The highest BCUT2D eigenvalue weighted by Gasteiger charge is 2.47. The smallest absolute Gasteiger partial charge is 0.227 e. The standard InChI is InChI=1S/C17H19N3O/c21-17(15-7-13-6-14(13)8-15)19-16-9-18-20(11-16)10-12-4-2-1-3-5-12/h1-5,9,11,13-15H,6-8,10H2,(H,19,21). The first-order valence-corrected chi connectivity index (χ1v) is 7.65. The average molecular weight is 281 g/mol. The Kier molecular flexibility index (Phi) is 3.02. The first-order chi connectivity index (χ1) is 10.3. The maximum absolute atomic E-state index is 12.2. The number of hydrogen-bond donors (Lipinski definition) is 1. The van der Waals surface area contributed by atoms with Crippen molar-refractivity contribution in [3.63, 3.8) is 0 Å². The highest BCUT2D eigenvalue weighted by atomic mass is 16.1. The minimum Gasteiger partial charge on any atom is -0.323 e. The predicted octanol–water partition coefficient (Wildman–Crippen LogP) is 2.92. The Labute approximate surface area is 124 Å². The molecule has 2 unspecified atom stereocenters. The number of carbonyl (C=O) groups is 1. The van der Waals surface area contributed by atoms with Gasteiger partial charge >= 0.3 is 0 Å². The van der Waals surface area contributed by atoms with E-state index >= 15 is 0 Å². The molecule has 4 heteroatoms. The summed E-state index contributed by atoms with van der Waals surface area (Å²) in [6.45, 7) is 0.726. The summed E-state index contributed by atoms with van der Waals surface area (Å²) in [5.41, 5.74) is 2.01. The molecule has 2 aliphatic rings. The number of hydrogen-bond acceptors (Lipinski definition) is 2. The van der Waals surface area contributed by atoms with Gasteiger partial charge in [-0.1, -0.05) is 30.3 Å². The fourth-order valence-corrected chi connectivity index (χ4v) is 3.46. The molecular formula is C17H19N3O. The van der Waals surface area contributed by atoms with Gasteiger partial charge in [0.1, 0.15) is 0 Å². The molecule has 4 nitrogen and oxygen atoms in total. The Bertz CT molecular complexity index is 639. The molecule has 0 spiro atoms. The maximum atomic E-state index is 12.2. The van der Waals surface area contributed by atoms with E-state index in [9.17, 15) is 4.79 Å². The summed E-state index contributed by atoms with van der Waals surface area (Å²) < 4.78 is 1.86. The van der Waals surface area contributed by atoms with Crippen molar-refractivity contribution in [2.24, 2.45) is 17.8 Å². The third-order valence-corrected chi connectivity index (χ3v) is 4.70. The highest BCUT2D eigenvalue weighted by molar-refractivity contribution is 5.92. The van der Waals surface area contributed by atoms with Crippen LogP contribution in [0.1, 0.15) is 24.8 Å². The molecular weight excluding hydrogens is 262 g/mol. The van der Waals surface area contributed by atoms with Crippen molar-refractivity contribution in [3.8, 4) is 0 Å². The van der Waals surface area contributed by atoms with Crippen LogP contribution in [0, 0.1) is 17.8 Å². The normalized spacial score (nSPS) is 26.4. The fraction of sp³-hybridized carbons (Fsp3) is 0.412. The molecule has 1 N–H and O–H groups in total. The number of aromatic nitrogens is 2. The molecule has 1 aromatic carbocycles. The summed E-state index contributed by atoms with van der Waals surface area (Å²) in [5.74, 6) is 2.05. The largest absolute Gasteiger partial charge is 0.323 e. The van der Waals surface area contributed by atoms with Crippen molar-refractivity contribution in [1.29, 1.82) is 0 Å². The summed E-state index contributed by atoms with van der Waals surface area (Å²) in [6, 6.07) is 10.2. The average Bonchev–Trinajstić information content (AvgIpc) is 2.90. The molecule has 0 radical (unpaired) electrons. The summed E-state index contributed by atoms with van der Waals surface area (Å²) in [4.78, 5) is 12.2. The zero-order valence-electron chi connectivity index (χ0n) is 11.9. The molecule has 108 valence electrons. The number of nitrogens with zero attached hydrogens (tertiary/aromatic N) is 2. The van der Waals surface area contributed by atoms with Crippen LogP contribution in [0.25, 0.3) is 0 Å². The van der Waals surface area contributed by atoms with E-state index in [1.807, 2.05) is 29.1 Å². The van der Waals surface area contributed by atoms with Crippen molar-refractivity contribution in [1.82, 2.24) is 9.78 Å². The van der Waals surface area contributed by atoms with Crippen molar-refractivity contribution >= 4 is 11.6 Å². The summed E-state index contributed by atoms with van der Waals surface area (Å²) in [5, 5.41) is 7.33. The molecule has 1 amide bonds. The lowest BCUT2D eigenvalue weighted by Gasteiger charge is -2.10. The first-order valence-electron chi connectivity index (χ1n) is 7.65. The van der Waals surface area contributed by atoms with E-state index < -0.39 is 0 Å². The fourth-order valence-electron chi connectivity index (χ4n) is 3.46. The Hall–Kier alpha value is -2.10. The Morgan fingerprint density at radius 1 is 1.19 bits per heavy atom. The van der Waals surface area contributed by atoms with Crippen LogP contribution in [-0.4, -0.2) is 15.7 Å². The number of nitrogens with one attached hydrogen (secondary N) is 1. The van der Waals surface area contributed by atoms with Crippen molar-refractivity contribution in [2.75, 3.05) is 5.32 Å². The number of rotatable bonds is 4. The van der Waals surface area contributed by atoms with Gasteiger partial charge in [0.2, 0.25) is 5.91 Å². The predicted molar refractivity (Wildman–Crippen MR) is 80.7 cm³/mol. The Balaban J connectivity index is 1.37. The van der Waals surface area contributed by atoms with Crippen LogP contribution in [0.3, 0.4) is 0 Å². The topological polar surface area (TPSA) is 46.9 Å². The molecule has 2 aliphatic carbocycles. The molecule has 4 rings (SSSR count). The molecule has 0 aliphatic heterocycles. The van der Waals surface area contributed by atoms with E-state index in [2.05, 4.69) is 22.5 Å². The van der Waals surface area contributed by atoms with Crippen molar-refractivity contribution in [2.45, 2.75) is 25.8 Å². The van der Waals surface area contributed by atoms with Crippen LogP contribution in [0.4, 0.5) is 5.69 Å². The second-order valence-electron chi connectivity index (χ2n) is 6.33. The van der Waals surface area contributed by atoms with Crippen LogP contribution in [0.5, 0.6) is 0 Å². The first kappa shape index (κ1) is 12.6. The second kappa shape index (κ2) is 5.02. The van der Waals surface area contributed by atoms with Gasteiger partial charge in [-0.15, -0.1) is 0 Å². The maximum Gasteiger partial charge on any atom is 0.227 e. The minimum atomic E-state index is 0.168. The van der Waals surface area contributed by atoms with Gasteiger partial charge in [0.05, 0.1) is 18.4 Å². The van der Waals surface area contributed by atoms with E-state index in [1.54, 1.807) is 6.20 Å². The molecule has 2 aromatic rings. The highest BCUT2D eigenvalue weighted by Crippen LogP contribution is 2.54. The van der Waals surface area contributed by atoms with E-state index in [0.29, 0.717) is 0 Å². The zero-order valence-corrected chi connectivity index (χ0v) is 11.9. The van der Waals surface area contributed by atoms with Crippen molar-refractivity contribution in [3.05, 3.63) is 48.3 Å². The molecule has 2 atom stereocenters. The van der Waals surface area contributed by atoms with Crippen LogP contribution in [0.15, 0.2) is 42.7 Å². The van der Waals surface area contributed by atoms with Crippen LogP contribution in [-0.2, 0) is 11.3 Å². The number of anilines is 1. The quantitative estimate of drug-likeness (QED) is 0.936. The van der Waals surface area contributed by atoms with Crippen molar-refractivity contribution < 1.29 is 4.79 Å². The molecule has 2 saturated carbocycles. The molecule has 0 saturated heterocycles. The third kappa shape index (κ3) is 2.71. The van der Waals surface area contributed by atoms with Gasteiger partial charge < -0.3 is 5.32 Å². The van der Waals surface area contributed by atoms with Gasteiger partial charge in [-0.05, 0) is 36.7 Å². The molecule has 1 heterocycles. The summed E-state index contributed by atoms with van der Waals surface area (Å²) in [6.07, 6.45) is 7.14.